The largest absolute Gasteiger partial charge is 0.461 e. The molecule has 0 amide bonds. The van der Waals surface area contributed by atoms with Gasteiger partial charge in [0.2, 0.25) is 0 Å². The second kappa shape index (κ2) is 7.98. The average molecular weight is 262 g/mol. The Morgan fingerprint density at radius 3 is 2.84 bits per heavy atom. The normalized spacial score (nSPS) is 19.8. The fourth-order valence-electron chi connectivity index (χ4n) is 2.32. The molecule has 2 heteroatoms. The highest BCUT2D eigenvalue weighted by Gasteiger charge is 2.14. The third-order valence-corrected chi connectivity index (χ3v) is 3.68. The molecular formula is C17H26O2. The number of hydrogen-bond acceptors (Lipinski definition) is 2. The van der Waals surface area contributed by atoms with E-state index in [4.69, 9.17) is 4.74 Å². The van der Waals surface area contributed by atoms with Crippen LogP contribution >= 0.6 is 0 Å². The summed E-state index contributed by atoms with van der Waals surface area (Å²) in [7, 11) is 0. The van der Waals surface area contributed by atoms with E-state index in [0.717, 1.165) is 24.8 Å². The summed E-state index contributed by atoms with van der Waals surface area (Å²) in [6.07, 6.45) is 10.1. The lowest BCUT2D eigenvalue weighted by molar-refractivity contribution is -0.139. The Labute approximate surface area is 117 Å². The average Bonchev–Trinajstić information content (AvgIpc) is 2.37. The van der Waals surface area contributed by atoms with Crippen molar-refractivity contribution >= 4 is 5.97 Å². The Morgan fingerprint density at radius 1 is 1.53 bits per heavy atom. The van der Waals surface area contributed by atoms with Crippen molar-refractivity contribution in [2.45, 2.75) is 52.9 Å². The standard InChI is InChI=1S/C17H26O2/c1-13-8-10-17(11-9-13)15(3)7-5-6-14(2)12-19-16(4)18/h6,8,17H,3,5,7,9-12H2,1-2,4H3/b14-6+/t17-/m0/s1. The predicted octanol–water partition coefficient (Wildman–Crippen LogP) is 4.58. The number of carbonyl (C=O) groups is 1. The Morgan fingerprint density at radius 2 is 2.26 bits per heavy atom. The van der Waals surface area contributed by atoms with Crippen molar-refractivity contribution in [3.63, 3.8) is 0 Å². The first-order valence-corrected chi connectivity index (χ1v) is 7.11. The molecule has 0 aromatic heterocycles. The molecule has 19 heavy (non-hydrogen) atoms. The molecule has 1 aliphatic carbocycles. The van der Waals surface area contributed by atoms with Crippen LogP contribution in [0.4, 0.5) is 0 Å². The van der Waals surface area contributed by atoms with Crippen LogP contribution in [0.1, 0.15) is 52.9 Å². The van der Waals surface area contributed by atoms with Gasteiger partial charge >= 0.3 is 5.97 Å². The van der Waals surface area contributed by atoms with Gasteiger partial charge in [0, 0.05) is 6.92 Å². The van der Waals surface area contributed by atoms with Crippen molar-refractivity contribution < 1.29 is 9.53 Å². The molecule has 0 saturated carbocycles. The zero-order chi connectivity index (χ0) is 14.3. The molecule has 1 aliphatic rings. The molecule has 0 aliphatic heterocycles. The number of rotatable bonds is 6. The van der Waals surface area contributed by atoms with E-state index in [2.05, 4.69) is 25.7 Å². The van der Waals surface area contributed by atoms with Gasteiger partial charge in [-0.1, -0.05) is 29.9 Å². The molecule has 0 aromatic carbocycles. The molecule has 0 spiro atoms. The highest BCUT2D eigenvalue weighted by atomic mass is 16.5. The van der Waals surface area contributed by atoms with Gasteiger partial charge in [0.25, 0.3) is 0 Å². The summed E-state index contributed by atoms with van der Waals surface area (Å²) in [5, 5.41) is 0. The number of allylic oxidation sites excluding steroid dienone is 4. The van der Waals surface area contributed by atoms with Crippen LogP contribution in [0, 0.1) is 5.92 Å². The fourth-order valence-corrected chi connectivity index (χ4v) is 2.32. The van der Waals surface area contributed by atoms with E-state index >= 15 is 0 Å². The monoisotopic (exact) mass is 262 g/mol. The molecule has 0 unspecified atom stereocenters. The SMILES string of the molecule is C=C(CC/C=C(\C)COC(C)=O)[C@H]1CC=C(C)CC1. The van der Waals surface area contributed by atoms with E-state index in [9.17, 15) is 4.79 Å². The molecule has 106 valence electrons. The smallest absolute Gasteiger partial charge is 0.302 e. The van der Waals surface area contributed by atoms with Crippen molar-refractivity contribution in [2.75, 3.05) is 6.61 Å². The Balaban J connectivity index is 2.26. The first kappa shape index (κ1) is 15.7. The van der Waals surface area contributed by atoms with Crippen molar-refractivity contribution in [3.05, 3.63) is 35.5 Å². The number of ether oxygens (including phenoxy) is 1. The van der Waals surface area contributed by atoms with Gasteiger partial charge in [0.15, 0.2) is 0 Å². The maximum absolute atomic E-state index is 10.7. The first-order chi connectivity index (χ1) is 8.99. The van der Waals surface area contributed by atoms with Crippen LogP contribution < -0.4 is 0 Å². The van der Waals surface area contributed by atoms with Gasteiger partial charge in [-0.25, -0.2) is 0 Å². The quantitative estimate of drug-likeness (QED) is 0.517. The van der Waals surface area contributed by atoms with E-state index in [-0.39, 0.29) is 5.97 Å². The van der Waals surface area contributed by atoms with Gasteiger partial charge < -0.3 is 4.74 Å². The third kappa shape index (κ3) is 6.42. The van der Waals surface area contributed by atoms with Crippen LogP contribution in [0.5, 0.6) is 0 Å². The van der Waals surface area contributed by atoms with Gasteiger partial charge in [0.05, 0.1) is 0 Å². The van der Waals surface area contributed by atoms with Crippen LogP contribution in [0.2, 0.25) is 0 Å². The van der Waals surface area contributed by atoms with Gasteiger partial charge in [-0.05, 0) is 57.4 Å². The van der Waals surface area contributed by atoms with E-state index in [1.807, 2.05) is 6.92 Å². The second-order valence-corrected chi connectivity index (χ2v) is 5.55. The van der Waals surface area contributed by atoms with Gasteiger partial charge in [0.1, 0.15) is 6.61 Å². The number of esters is 1. The van der Waals surface area contributed by atoms with E-state index in [1.165, 1.54) is 30.9 Å². The number of carbonyl (C=O) groups excluding carboxylic acids is 1. The van der Waals surface area contributed by atoms with Crippen molar-refractivity contribution in [1.82, 2.24) is 0 Å². The maximum atomic E-state index is 10.7. The topological polar surface area (TPSA) is 26.3 Å². The predicted molar refractivity (Wildman–Crippen MR) is 79.9 cm³/mol. The fraction of sp³-hybridized carbons (Fsp3) is 0.588. The molecule has 0 saturated heterocycles. The van der Waals surface area contributed by atoms with Crippen molar-refractivity contribution in [2.24, 2.45) is 5.92 Å². The Bertz CT molecular complexity index is 388. The molecular weight excluding hydrogens is 236 g/mol. The molecule has 1 rings (SSSR count). The van der Waals surface area contributed by atoms with Crippen LogP contribution in [0.25, 0.3) is 0 Å². The molecule has 0 bridgehead atoms. The lowest BCUT2D eigenvalue weighted by Gasteiger charge is -2.22. The summed E-state index contributed by atoms with van der Waals surface area (Å²) in [5.41, 5.74) is 3.99. The van der Waals surface area contributed by atoms with Crippen molar-refractivity contribution in [1.29, 1.82) is 0 Å². The lowest BCUT2D eigenvalue weighted by atomic mass is 9.84. The highest BCUT2D eigenvalue weighted by molar-refractivity contribution is 5.66. The van der Waals surface area contributed by atoms with Crippen LogP contribution in [0.3, 0.4) is 0 Å². The summed E-state index contributed by atoms with van der Waals surface area (Å²) in [4.78, 5) is 10.7. The molecule has 2 nitrogen and oxygen atoms in total. The first-order valence-electron chi connectivity index (χ1n) is 7.11. The number of hydrogen-bond donors (Lipinski definition) is 0. The minimum Gasteiger partial charge on any atom is -0.461 e. The van der Waals surface area contributed by atoms with Crippen LogP contribution in [0.15, 0.2) is 35.5 Å². The van der Waals surface area contributed by atoms with E-state index in [1.54, 1.807) is 0 Å². The molecule has 0 N–H and O–H groups in total. The van der Waals surface area contributed by atoms with Gasteiger partial charge in [-0.2, -0.15) is 0 Å². The maximum Gasteiger partial charge on any atom is 0.302 e. The Hall–Kier alpha value is -1.31. The van der Waals surface area contributed by atoms with E-state index < -0.39 is 0 Å². The summed E-state index contributed by atoms with van der Waals surface area (Å²) in [6.45, 7) is 10.3. The third-order valence-electron chi connectivity index (χ3n) is 3.68. The minimum absolute atomic E-state index is 0.221. The zero-order valence-corrected chi connectivity index (χ0v) is 12.5. The van der Waals surface area contributed by atoms with Gasteiger partial charge in [-0.3, -0.25) is 4.79 Å². The summed E-state index contributed by atoms with van der Waals surface area (Å²) < 4.78 is 4.95. The summed E-state index contributed by atoms with van der Waals surface area (Å²) >= 11 is 0. The molecule has 1 atom stereocenters. The summed E-state index contributed by atoms with van der Waals surface area (Å²) in [6, 6.07) is 0. The Kier molecular flexibility index (Phi) is 6.61. The molecule has 0 fully saturated rings. The van der Waals surface area contributed by atoms with Crippen LogP contribution in [-0.2, 0) is 9.53 Å². The highest BCUT2D eigenvalue weighted by Crippen LogP contribution is 2.30. The van der Waals surface area contributed by atoms with Crippen molar-refractivity contribution in [3.8, 4) is 0 Å². The molecule has 0 radical (unpaired) electrons. The molecule has 0 aromatic rings. The van der Waals surface area contributed by atoms with Gasteiger partial charge in [-0.15, -0.1) is 0 Å². The summed E-state index contributed by atoms with van der Waals surface area (Å²) in [5.74, 6) is 0.437. The molecule has 0 heterocycles. The lowest BCUT2D eigenvalue weighted by Crippen LogP contribution is -2.07. The minimum atomic E-state index is -0.221. The second-order valence-electron chi connectivity index (χ2n) is 5.55. The zero-order valence-electron chi connectivity index (χ0n) is 12.5. The van der Waals surface area contributed by atoms with E-state index in [0.29, 0.717) is 12.5 Å². The van der Waals surface area contributed by atoms with Crippen LogP contribution in [-0.4, -0.2) is 12.6 Å².